The van der Waals surface area contributed by atoms with Crippen LogP contribution in [0.15, 0.2) is 60.7 Å². The van der Waals surface area contributed by atoms with Crippen molar-refractivity contribution in [1.82, 2.24) is 10.2 Å². The van der Waals surface area contributed by atoms with Crippen molar-refractivity contribution >= 4 is 24.8 Å². The molecule has 4 heteroatoms. The van der Waals surface area contributed by atoms with Gasteiger partial charge in [-0.25, -0.2) is 0 Å². The van der Waals surface area contributed by atoms with Crippen molar-refractivity contribution in [3.8, 4) is 0 Å². The monoisotopic (exact) mass is 420 g/mol. The van der Waals surface area contributed by atoms with E-state index < -0.39 is 0 Å². The molecule has 1 N–H and O–H groups in total. The van der Waals surface area contributed by atoms with E-state index >= 15 is 0 Å². The second-order valence-corrected chi connectivity index (χ2v) is 8.22. The molecule has 2 aromatic rings. The van der Waals surface area contributed by atoms with Crippen molar-refractivity contribution in [3.63, 3.8) is 0 Å². The minimum atomic E-state index is 0. The van der Waals surface area contributed by atoms with Crippen molar-refractivity contribution in [3.05, 3.63) is 71.8 Å². The van der Waals surface area contributed by atoms with Crippen molar-refractivity contribution < 1.29 is 0 Å². The largest absolute Gasteiger partial charge is 0.312 e. The van der Waals surface area contributed by atoms with Gasteiger partial charge in [0, 0.05) is 31.6 Å². The lowest BCUT2D eigenvalue weighted by Crippen LogP contribution is -2.38. The minimum absolute atomic E-state index is 0. The maximum atomic E-state index is 3.97. The molecule has 1 saturated heterocycles. The average Bonchev–Trinajstić information content (AvgIpc) is 3.11. The molecule has 1 aliphatic heterocycles. The molecule has 154 valence electrons. The van der Waals surface area contributed by atoms with Crippen molar-refractivity contribution in [2.75, 3.05) is 19.6 Å². The second kappa shape index (κ2) is 11.8. The van der Waals surface area contributed by atoms with Gasteiger partial charge >= 0.3 is 0 Å². The standard InChI is InChI=1S/C24H32N2.2ClH/c1-4-10-20(11-5-1)16-25-24-19-26(17-21-12-6-2-7-13-21)18-23(24)22-14-8-3-9-15-22;;/h2-3,6-9,12-15,20,23-25H,1,4-5,10-11,16-19H2;2*1H/t23-,24+;;/m0../s1. The number of hydrogen-bond acceptors (Lipinski definition) is 2. The Morgan fingerprint density at radius 1 is 0.786 bits per heavy atom. The molecular weight excluding hydrogens is 387 g/mol. The fourth-order valence-corrected chi connectivity index (χ4v) is 4.81. The third-order valence-electron chi connectivity index (χ3n) is 6.27. The van der Waals surface area contributed by atoms with Crippen molar-refractivity contribution in [2.45, 2.75) is 50.6 Å². The van der Waals surface area contributed by atoms with Crippen LogP contribution in [0, 0.1) is 5.92 Å². The van der Waals surface area contributed by atoms with Crippen LogP contribution in [-0.2, 0) is 6.54 Å². The van der Waals surface area contributed by atoms with Gasteiger partial charge in [0.05, 0.1) is 0 Å². The molecule has 0 amide bonds. The van der Waals surface area contributed by atoms with E-state index in [1.807, 2.05) is 0 Å². The van der Waals surface area contributed by atoms with E-state index in [0.717, 1.165) is 25.6 Å². The Balaban J connectivity index is 0.00000140. The van der Waals surface area contributed by atoms with Gasteiger partial charge in [-0.3, -0.25) is 4.90 Å². The van der Waals surface area contributed by atoms with Gasteiger partial charge in [0.15, 0.2) is 0 Å². The highest BCUT2D eigenvalue weighted by molar-refractivity contribution is 5.85. The van der Waals surface area contributed by atoms with Gasteiger partial charge in [0.25, 0.3) is 0 Å². The summed E-state index contributed by atoms with van der Waals surface area (Å²) in [6.45, 7) is 4.57. The molecule has 2 fully saturated rings. The zero-order valence-electron chi connectivity index (χ0n) is 16.6. The van der Waals surface area contributed by atoms with Crippen molar-refractivity contribution in [2.24, 2.45) is 5.92 Å². The van der Waals surface area contributed by atoms with E-state index in [9.17, 15) is 0 Å². The highest BCUT2D eigenvalue weighted by atomic mass is 35.5. The molecule has 1 heterocycles. The molecule has 2 nitrogen and oxygen atoms in total. The molecule has 0 bridgehead atoms. The lowest BCUT2D eigenvalue weighted by atomic mass is 9.88. The molecule has 2 aromatic carbocycles. The molecule has 0 unspecified atom stereocenters. The fraction of sp³-hybridized carbons (Fsp3) is 0.500. The van der Waals surface area contributed by atoms with Gasteiger partial charge < -0.3 is 5.32 Å². The quantitative estimate of drug-likeness (QED) is 0.647. The van der Waals surface area contributed by atoms with Crippen LogP contribution in [0.5, 0.6) is 0 Å². The van der Waals surface area contributed by atoms with Gasteiger partial charge in [-0.1, -0.05) is 79.9 Å². The van der Waals surface area contributed by atoms with Crippen LogP contribution in [0.3, 0.4) is 0 Å². The van der Waals surface area contributed by atoms with E-state index in [1.165, 1.54) is 49.8 Å². The summed E-state index contributed by atoms with van der Waals surface area (Å²) in [7, 11) is 0. The highest BCUT2D eigenvalue weighted by Crippen LogP contribution is 2.30. The van der Waals surface area contributed by atoms with Crippen LogP contribution in [0.1, 0.15) is 49.1 Å². The van der Waals surface area contributed by atoms with E-state index in [-0.39, 0.29) is 24.8 Å². The molecule has 28 heavy (non-hydrogen) atoms. The number of nitrogens with zero attached hydrogens (tertiary/aromatic N) is 1. The fourth-order valence-electron chi connectivity index (χ4n) is 4.81. The van der Waals surface area contributed by atoms with Gasteiger partial charge in [0.1, 0.15) is 0 Å². The van der Waals surface area contributed by atoms with Crippen LogP contribution in [0.2, 0.25) is 0 Å². The highest BCUT2D eigenvalue weighted by Gasteiger charge is 2.33. The van der Waals surface area contributed by atoms with Crippen LogP contribution in [0.25, 0.3) is 0 Å². The van der Waals surface area contributed by atoms with Crippen LogP contribution in [-0.4, -0.2) is 30.6 Å². The second-order valence-electron chi connectivity index (χ2n) is 8.22. The van der Waals surface area contributed by atoms with Gasteiger partial charge in [0.2, 0.25) is 0 Å². The third-order valence-corrected chi connectivity index (χ3v) is 6.27. The van der Waals surface area contributed by atoms with Crippen molar-refractivity contribution in [1.29, 1.82) is 0 Å². The van der Waals surface area contributed by atoms with Gasteiger partial charge in [-0.15, -0.1) is 24.8 Å². The summed E-state index contributed by atoms with van der Waals surface area (Å²) in [5.41, 5.74) is 2.91. The zero-order valence-corrected chi connectivity index (χ0v) is 18.3. The summed E-state index contributed by atoms with van der Waals surface area (Å²) in [6.07, 6.45) is 7.14. The number of hydrogen-bond donors (Lipinski definition) is 1. The Morgan fingerprint density at radius 2 is 1.43 bits per heavy atom. The number of benzene rings is 2. The lowest BCUT2D eigenvalue weighted by molar-refractivity contribution is 0.303. The first kappa shape index (κ1) is 23.2. The van der Waals surface area contributed by atoms with E-state index in [4.69, 9.17) is 0 Å². The first-order valence-corrected chi connectivity index (χ1v) is 10.4. The number of halogens is 2. The molecule has 1 aliphatic carbocycles. The zero-order chi connectivity index (χ0) is 17.6. The summed E-state index contributed by atoms with van der Waals surface area (Å²) >= 11 is 0. The number of nitrogens with one attached hydrogen (secondary N) is 1. The summed E-state index contributed by atoms with van der Waals surface area (Å²) in [6, 6.07) is 22.6. The summed E-state index contributed by atoms with van der Waals surface area (Å²) in [5.74, 6) is 1.49. The van der Waals surface area contributed by atoms with Crippen LogP contribution < -0.4 is 5.32 Å². The smallest absolute Gasteiger partial charge is 0.0276 e. The SMILES string of the molecule is Cl.Cl.c1ccc(CN2C[C@@H](NCC3CCCCC3)[C@H](c3ccccc3)C2)cc1. The minimum Gasteiger partial charge on any atom is -0.312 e. The lowest BCUT2D eigenvalue weighted by Gasteiger charge is -2.26. The Labute approximate surface area is 182 Å². The molecular formula is C24H34Cl2N2. The Morgan fingerprint density at radius 3 is 2.11 bits per heavy atom. The summed E-state index contributed by atoms with van der Waals surface area (Å²) in [4.78, 5) is 2.63. The molecule has 2 aliphatic rings. The molecule has 2 atom stereocenters. The van der Waals surface area contributed by atoms with Gasteiger partial charge in [-0.05, 0) is 36.4 Å². The number of rotatable bonds is 6. The van der Waals surface area contributed by atoms with E-state index in [2.05, 4.69) is 70.9 Å². The van der Waals surface area contributed by atoms with Gasteiger partial charge in [-0.2, -0.15) is 0 Å². The molecule has 0 radical (unpaired) electrons. The topological polar surface area (TPSA) is 15.3 Å². The molecule has 0 aromatic heterocycles. The van der Waals surface area contributed by atoms with Crippen LogP contribution >= 0.6 is 24.8 Å². The normalized spacial score (nSPS) is 23.0. The maximum Gasteiger partial charge on any atom is 0.0276 e. The first-order valence-electron chi connectivity index (χ1n) is 10.4. The molecule has 4 rings (SSSR count). The Kier molecular flexibility index (Phi) is 9.81. The molecule has 1 saturated carbocycles. The number of likely N-dealkylation sites (tertiary alicyclic amines) is 1. The van der Waals surface area contributed by atoms with Crippen LogP contribution in [0.4, 0.5) is 0 Å². The average molecular weight is 421 g/mol. The first-order chi connectivity index (χ1) is 12.9. The van der Waals surface area contributed by atoms with E-state index in [0.29, 0.717) is 12.0 Å². The summed E-state index contributed by atoms with van der Waals surface area (Å²) < 4.78 is 0. The Bertz CT molecular complexity index is 659. The van der Waals surface area contributed by atoms with E-state index in [1.54, 1.807) is 0 Å². The third kappa shape index (κ3) is 6.22. The summed E-state index contributed by atoms with van der Waals surface area (Å²) in [5, 5.41) is 3.97. The maximum absolute atomic E-state index is 3.97. The predicted octanol–water partition coefficient (Wildman–Crippen LogP) is 5.67. The molecule has 0 spiro atoms. The predicted molar refractivity (Wildman–Crippen MR) is 124 cm³/mol. The Hall–Kier alpha value is -1.06.